The number of hydrogen-bond acceptors (Lipinski definition) is 2. The van der Waals surface area contributed by atoms with Crippen LogP contribution < -0.4 is 0 Å². The molecule has 1 aromatic heterocycles. The highest BCUT2D eigenvalue weighted by atomic mass is 79.9. The fraction of sp³-hybridized carbons (Fsp3) is 0.143. The summed E-state index contributed by atoms with van der Waals surface area (Å²) in [5.74, 6) is 0.502. The Bertz CT molecular complexity index is 229. The van der Waals surface area contributed by atoms with Gasteiger partial charge in [-0.2, -0.15) is 0 Å². The van der Waals surface area contributed by atoms with Crippen LogP contribution in [-0.2, 0) is 0 Å². The SMILES string of the molecule is C=CC(O)c1cc(Br)co1. The monoisotopic (exact) mass is 202 g/mol. The van der Waals surface area contributed by atoms with Crippen molar-refractivity contribution in [3.05, 3.63) is 35.2 Å². The van der Waals surface area contributed by atoms with Gasteiger partial charge in [0.25, 0.3) is 0 Å². The molecular formula is C7H7BrO2. The molecule has 1 unspecified atom stereocenters. The highest BCUT2D eigenvalue weighted by Crippen LogP contribution is 2.20. The summed E-state index contributed by atoms with van der Waals surface area (Å²) in [6.07, 6.45) is 2.22. The van der Waals surface area contributed by atoms with E-state index in [9.17, 15) is 0 Å². The summed E-state index contributed by atoms with van der Waals surface area (Å²) in [5, 5.41) is 9.11. The minimum atomic E-state index is -0.703. The third-order valence-electron chi connectivity index (χ3n) is 1.10. The molecule has 0 bridgehead atoms. The molecule has 0 saturated carbocycles. The Labute approximate surface area is 67.3 Å². The first-order valence-electron chi connectivity index (χ1n) is 2.78. The van der Waals surface area contributed by atoms with Gasteiger partial charge in [0.1, 0.15) is 18.1 Å². The molecule has 1 aromatic rings. The van der Waals surface area contributed by atoms with Gasteiger partial charge in [-0.15, -0.1) is 6.58 Å². The number of aliphatic hydroxyl groups excluding tert-OH is 1. The molecule has 1 rings (SSSR count). The lowest BCUT2D eigenvalue weighted by atomic mass is 10.3. The average molecular weight is 203 g/mol. The topological polar surface area (TPSA) is 33.4 Å². The number of halogens is 1. The van der Waals surface area contributed by atoms with Gasteiger partial charge in [-0.25, -0.2) is 0 Å². The summed E-state index contributed by atoms with van der Waals surface area (Å²) in [7, 11) is 0. The largest absolute Gasteiger partial charge is 0.465 e. The van der Waals surface area contributed by atoms with Crippen LogP contribution in [0.2, 0.25) is 0 Å². The van der Waals surface area contributed by atoms with Crippen LogP contribution in [0.15, 0.2) is 33.9 Å². The molecular weight excluding hydrogens is 196 g/mol. The second-order valence-electron chi connectivity index (χ2n) is 1.85. The zero-order chi connectivity index (χ0) is 7.56. The summed E-state index contributed by atoms with van der Waals surface area (Å²) in [6, 6.07) is 1.70. The second kappa shape index (κ2) is 3.03. The van der Waals surface area contributed by atoms with Gasteiger partial charge in [0, 0.05) is 0 Å². The molecule has 0 spiro atoms. The summed E-state index contributed by atoms with van der Waals surface area (Å²) in [6.45, 7) is 3.42. The van der Waals surface area contributed by atoms with Crippen LogP contribution >= 0.6 is 15.9 Å². The van der Waals surface area contributed by atoms with Crippen LogP contribution in [-0.4, -0.2) is 5.11 Å². The molecule has 0 saturated heterocycles. The lowest BCUT2D eigenvalue weighted by molar-refractivity contribution is 0.197. The lowest BCUT2D eigenvalue weighted by Crippen LogP contribution is -1.87. The van der Waals surface area contributed by atoms with E-state index >= 15 is 0 Å². The molecule has 2 nitrogen and oxygen atoms in total. The van der Waals surface area contributed by atoms with Crippen molar-refractivity contribution in [3.63, 3.8) is 0 Å². The van der Waals surface area contributed by atoms with Gasteiger partial charge in [0.05, 0.1) is 4.47 Å². The molecule has 0 aliphatic carbocycles. The van der Waals surface area contributed by atoms with Crippen molar-refractivity contribution in [3.8, 4) is 0 Å². The van der Waals surface area contributed by atoms with Crippen LogP contribution in [0.25, 0.3) is 0 Å². The first-order chi connectivity index (χ1) is 4.74. The van der Waals surface area contributed by atoms with E-state index in [1.54, 1.807) is 6.07 Å². The van der Waals surface area contributed by atoms with E-state index in [0.717, 1.165) is 4.47 Å². The zero-order valence-corrected chi connectivity index (χ0v) is 6.84. The van der Waals surface area contributed by atoms with E-state index in [4.69, 9.17) is 9.52 Å². The maximum Gasteiger partial charge on any atom is 0.137 e. The molecule has 1 heterocycles. The van der Waals surface area contributed by atoms with Crippen molar-refractivity contribution < 1.29 is 9.52 Å². The van der Waals surface area contributed by atoms with Crippen molar-refractivity contribution in [1.29, 1.82) is 0 Å². The third kappa shape index (κ3) is 1.49. The molecule has 0 aliphatic rings. The Hall–Kier alpha value is -0.540. The van der Waals surface area contributed by atoms with Crippen molar-refractivity contribution in [2.75, 3.05) is 0 Å². The van der Waals surface area contributed by atoms with Gasteiger partial charge in [-0.1, -0.05) is 6.08 Å². The van der Waals surface area contributed by atoms with E-state index < -0.39 is 6.10 Å². The maximum absolute atomic E-state index is 9.11. The Morgan fingerprint density at radius 1 is 1.80 bits per heavy atom. The predicted molar refractivity (Wildman–Crippen MR) is 41.6 cm³/mol. The average Bonchev–Trinajstić information content (AvgIpc) is 2.34. The zero-order valence-electron chi connectivity index (χ0n) is 5.25. The minimum absolute atomic E-state index is 0.502. The Morgan fingerprint density at radius 3 is 2.90 bits per heavy atom. The molecule has 54 valence electrons. The van der Waals surface area contributed by atoms with Gasteiger partial charge in [0.2, 0.25) is 0 Å². The van der Waals surface area contributed by atoms with Crippen LogP contribution in [0.4, 0.5) is 0 Å². The summed E-state index contributed by atoms with van der Waals surface area (Å²) >= 11 is 3.19. The second-order valence-corrected chi connectivity index (χ2v) is 2.76. The van der Waals surface area contributed by atoms with Crippen LogP contribution in [0.1, 0.15) is 11.9 Å². The number of furan rings is 1. The lowest BCUT2D eigenvalue weighted by Gasteiger charge is -1.96. The van der Waals surface area contributed by atoms with E-state index in [1.807, 2.05) is 0 Å². The summed E-state index contributed by atoms with van der Waals surface area (Å²) < 4.78 is 5.77. The van der Waals surface area contributed by atoms with Crippen molar-refractivity contribution in [2.24, 2.45) is 0 Å². The normalized spacial score (nSPS) is 13.0. The van der Waals surface area contributed by atoms with E-state index in [-0.39, 0.29) is 0 Å². The minimum Gasteiger partial charge on any atom is -0.465 e. The fourth-order valence-corrected chi connectivity index (χ4v) is 0.919. The van der Waals surface area contributed by atoms with Gasteiger partial charge in [0.15, 0.2) is 0 Å². The predicted octanol–water partition coefficient (Wildman–Crippen LogP) is 2.26. The molecule has 0 amide bonds. The number of rotatable bonds is 2. The standard InChI is InChI=1S/C7H7BrO2/c1-2-6(9)7-3-5(8)4-10-7/h2-4,6,9H,1H2. The van der Waals surface area contributed by atoms with Crippen molar-refractivity contribution in [1.82, 2.24) is 0 Å². The molecule has 0 fully saturated rings. The first-order valence-corrected chi connectivity index (χ1v) is 3.58. The maximum atomic E-state index is 9.11. The van der Waals surface area contributed by atoms with Gasteiger partial charge < -0.3 is 9.52 Å². The number of hydrogen-bond donors (Lipinski definition) is 1. The molecule has 1 N–H and O–H groups in total. The van der Waals surface area contributed by atoms with E-state index in [2.05, 4.69) is 22.5 Å². The first kappa shape index (κ1) is 7.57. The fourth-order valence-electron chi connectivity index (χ4n) is 0.600. The molecule has 0 radical (unpaired) electrons. The molecule has 10 heavy (non-hydrogen) atoms. The van der Waals surface area contributed by atoms with Gasteiger partial charge in [-0.3, -0.25) is 0 Å². The van der Waals surface area contributed by atoms with E-state index in [1.165, 1.54) is 12.3 Å². The van der Waals surface area contributed by atoms with Crippen molar-refractivity contribution >= 4 is 15.9 Å². The molecule has 3 heteroatoms. The van der Waals surface area contributed by atoms with Crippen LogP contribution in [0.5, 0.6) is 0 Å². The number of aliphatic hydroxyl groups is 1. The quantitative estimate of drug-likeness (QED) is 0.747. The van der Waals surface area contributed by atoms with E-state index in [0.29, 0.717) is 5.76 Å². The van der Waals surface area contributed by atoms with Crippen LogP contribution in [0.3, 0.4) is 0 Å². The smallest absolute Gasteiger partial charge is 0.137 e. The summed E-state index contributed by atoms with van der Waals surface area (Å²) in [4.78, 5) is 0. The van der Waals surface area contributed by atoms with Crippen LogP contribution in [0, 0.1) is 0 Å². The highest BCUT2D eigenvalue weighted by Gasteiger charge is 2.06. The summed E-state index contributed by atoms with van der Waals surface area (Å²) in [5.41, 5.74) is 0. The van der Waals surface area contributed by atoms with Gasteiger partial charge >= 0.3 is 0 Å². The Balaban J connectivity index is 2.84. The molecule has 1 atom stereocenters. The van der Waals surface area contributed by atoms with Crippen molar-refractivity contribution in [2.45, 2.75) is 6.10 Å². The Kier molecular flexibility index (Phi) is 2.29. The Morgan fingerprint density at radius 2 is 2.50 bits per heavy atom. The third-order valence-corrected chi connectivity index (χ3v) is 1.52. The van der Waals surface area contributed by atoms with Gasteiger partial charge in [-0.05, 0) is 22.0 Å². The highest BCUT2D eigenvalue weighted by molar-refractivity contribution is 9.10. The molecule has 0 aliphatic heterocycles. The molecule has 0 aromatic carbocycles.